The average molecular weight is 368 g/mol. The lowest BCUT2D eigenvalue weighted by Gasteiger charge is -2.14. The predicted octanol–water partition coefficient (Wildman–Crippen LogP) is 4.43. The zero-order chi connectivity index (χ0) is 19.3. The van der Waals surface area contributed by atoms with Gasteiger partial charge in [-0.05, 0) is 37.3 Å². The highest BCUT2D eigenvalue weighted by Gasteiger charge is 2.20. The highest BCUT2D eigenvalue weighted by Crippen LogP contribution is 2.22. The summed E-state index contributed by atoms with van der Waals surface area (Å²) < 4.78 is 1.68. The van der Waals surface area contributed by atoms with Gasteiger partial charge >= 0.3 is 0 Å². The summed E-state index contributed by atoms with van der Waals surface area (Å²) in [5, 5.41) is 7.72. The van der Waals surface area contributed by atoms with Gasteiger partial charge in [-0.2, -0.15) is 5.10 Å². The number of hydrogen-bond acceptors (Lipinski definition) is 3. The van der Waals surface area contributed by atoms with Crippen LogP contribution in [-0.4, -0.2) is 20.7 Å². The summed E-state index contributed by atoms with van der Waals surface area (Å²) in [6.45, 7) is 1.92. The van der Waals surface area contributed by atoms with E-state index in [1.807, 2.05) is 91.9 Å². The molecule has 1 N–H and O–H groups in total. The number of rotatable bonds is 5. The van der Waals surface area contributed by atoms with Gasteiger partial charge in [0.15, 0.2) is 0 Å². The van der Waals surface area contributed by atoms with Crippen LogP contribution in [0.1, 0.15) is 29.1 Å². The molecule has 138 valence electrons. The first-order valence-electron chi connectivity index (χ1n) is 9.15. The van der Waals surface area contributed by atoms with Gasteiger partial charge in [0, 0.05) is 11.8 Å². The number of nitrogens with zero attached hydrogens (tertiary/aromatic N) is 3. The van der Waals surface area contributed by atoms with E-state index in [2.05, 4.69) is 10.3 Å². The summed E-state index contributed by atoms with van der Waals surface area (Å²) >= 11 is 0. The molecule has 0 unspecified atom stereocenters. The first-order valence-corrected chi connectivity index (χ1v) is 9.15. The van der Waals surface area contributed by atoms with Crippen molar-refractivity contribution in [3.05, 3.63) is 103 Å². The summed E-state index contributed by atoms with van der Waals surface area (Å²) in [5.41, 5.74) is 3.84. The largest absolute Gasteiger partial charge is 0.343 e. The Kier molecular flexibility index (Phi) is 4.97. The molecule has 4 rings (SSSR count). The lowest BCUT2D eigenvalue weighted by Crippen LogP contribution is -2.29. The molecular formula is C23H20N4O. The fraction of sp³-hybridized carbons (Fsp3) is 0.0870. The molecule has 0 aliphatic rings. The Morgan fingerprint density at radius 3 is 2.29 bits per heavy atom. The number of pyridine rings is 1. The van der Waals surface area contributed by atoms with Crippen LogP contribution in [0.5, 0.6) is 0 Å². The number of carbonyl (C=O) groups excluding carboxylic acids is 1. The van der Waals surface area contributed by atoms with Crippen LogP contribution in [0.25, 0.3) is 16.9 Å². The molecular weight excluding hydrogens is 348 g/mol. The van der Waals surface area contributed by atoms with Gasteiger partial charge in [-0.15, -0.1) is 0 Å². The van der Waals surface area contributed by atoms with Crippen LogP contribution in [0, 0.1) is 0 Å². The highest BCUT2D eigenvalue weighted by atomic mass is 16.2. The molecule has 0 spiro atoms. The van der Waals surface area contributed by atoms with Crippen molar-refractivity contribution in [1.29, 1.82) is 0 Å². The standard InChI is InChI=1S/C23H20N4O/c1-17(20-14-8-9-15-24-20)25-23(28)22-16-21(18-10-4-2-5-11-18)26-27(22)19-12-6-3-7-13-19/h2-17H,1H3,(H,25,28)/t17-/m0/s1. The van der Waals surface area contributed by atoms with Crippen molar-refractivity contribution in [3.8, 4) is 16.9 Å². The third-order valence-electron chi connectivity index (χ3n) is 4.49. The maximum absolute atomic E-state index is 13.1. The molecule has 0 aliphatic carbocycles. The number of hydrogen-bond donors (Lipinski definition) is 1. The Morgan fingerprint density at radius 2 is 1.61 bits per heavy atom. The molecule has 0 radical (unpaired) electrons. The molecule has 0 fully saturated rings. The maximum Gasteiger partial charge on any atom is 0.270 e. The number of benzene rings is 2. The molecule has 0 bridgehead atoms. The minimum Gasteiger partial charge on any atom is -0.343 e. The normalized spacial score (nSPS) is 11.8. The van der Waals surface area contributed by atoms with Gasteiger partial charge in [0.1, 0.15) is 5.69 Å². The molecule has 2 aromatic carbocycles. The summed E-state index contributed by atoms with van der Waals surface area (Å²) in [5.74, 6) is -0.198. The van der Waals surface area contributed by atoms with Gasteiger partial charge in [-0.3, -0.25) is 9.78 Å². The van der Waals surface area contributed by atoms with Gasteiger partial charge in [-0.25, -0.2) is 4.68 Å². The number of para-hydroxylation sites is 1. The SMILES string of the molecule is C[C@H](NC(=O)c1cc(-c2ccccc2)nn1-c1ccccc1)c1ccccn1. The van der Waals surface area contributed by atoms with Crippen molar-refractivity contribution >= 4 is 5.91 Å². The molecule has 1 amide bonds. The van der Waals surface area contributed by atoms with Crippen molar-refractivity contribution in [1.82, 2.24) is 20.1 Å². The van der Waals surface area contributed by atoms with Gasteiger partial charge < -0.3 is 5.32 Å². The van der Waals surface area contributed by atoms with E-state index in [1.165, 1.54) is 0 Å². The Balaban J connectivity index is 1.70. The average Bonchev–Trinajstić information content (AvgIpc) is 3.21. The second-order valence-corrected chi connectivity index (χ2v) is 6.48. The van der Waals surface area contributed by atoms with E-state index in [1.54, 1.807) is 10.9 Å². The van der Waals surface area contributed by atoms with E-state index in [0.29, 0.717) is 5.69 Å². The van der Waals surface area contributed by atoms with Crippen LogP contribution >= 0.6 is 0 Å². The first-order chi connectivity index (χ1) is 13.7. The van der Waals surface area contributed by atoms with Crippen LogP contribution in [0.4, 0.5) is 0 Å². The molecule has 2 aromatic heterocycles. The second-order valence-electron chi connectivity index (χ2n) is 6.48. The van der Waals surface area contributed by atoms with E-state index in [-0.39, 0.29) is 11.9 Å². The van der Waals surface area contributed by atoms with Crippen molar-refractivity contribution < 1.29 is 4.79 Å². The van der Waals surface area contributed by atoms with Gasteiger partial charge in [0.05, 0.1) is 23.1 Å². The van der Waals surface area contributed by atoms with Crippen molar-refractivity contribution in [2.45, 2.75) is 13.0 Å². The summed E-state index contributed by atoms with van der Waals surface area (Å²) in [4.78, 5) is 17.4. The molecule has 2 heterocycles. The Bertz CT molecular complexity index is 1060. The summed E-state index contributed by atoms with van der Waals surface area (Å²) in [7, 11) is 0. The van der Waals surface area contributed by atoms with Gasteiger partial charge in [0.25, 0.3) is 5.91 Å². The van der Waals surface area contributed by atoms with Gasteiger partial charge in [0.2, 0.25) is 0 Å². The van der Waals surface area contributed by atoms with E-state index in [9.17, 15) is 4.79 Å². The Morgan fingerprint density at radius 1 is 0.929 bits per heavy atom. The first kappa shape index (κ1) is 17.7. The second kappa shape index (κ2) is 7.88. The van der Waals surface area contributed by atoms with E-state index in [0.717, 1.165) is 22.6 Å². The molecule has 28 heavy (non-hydrogen) atoms. The van der Waals surface area contributed by atoms with Crippen LogP contribution in [0.3, 0.4) is 0 Å². The molecule has 0 aliphatic heterocycles. The van der Waals surface area contributed by atoms with Crippen LogP contribution in [0.15, 0.2) is 91.1 Å². The number of carbonyl (C=O) groups is 1. The predicted molar refractivity (Wildman–Crippen MR) is 109 cm³/mol. The Labute approximate surface area is 163 Å². The summed E-state index contributed by atoms with van der Waals surface area (Å²) in [6, 6.07) is 26.8. The smallest absolute Gasteiger partial charge is 0.270 e. The van der Waals surface area contributed by atoms with E-state index in [4.69, 9.17) is 5.10 Å². The molecule has 4 aromatic rings. The topological polar surface area (TPSA) is 59.8 Å². The lowest BCUT2D eigenvalue weighted by atomic mass is 10.1. The molecule has 0 saturated heterocycles. The maximum atomic E-state index is 13.1. The van der Waals surface area contributed by atoms with Crippen molar-refractivity contribution in [3.63, 3.8) is 0 Å². The zero-order valence-corrected chi connectivity index (χ0v) is 15.5. The zero-order valence-electron chi connectivity index (χ0n) is 15.5. The van der Waals surface area contributed by atoms with E-state index >= 15 is 0 Å². The third-order valence-corrected chi connectivity index (χ3v) is 4.49. The molecule has 1 atom stereocenters. The quantitative estimate of drug-likeness (QED) is 0.567. The third kappa shape index (κ3) is 3.69. The lowest BCUT2D eigenvalue weighted by molar-refractivity contribution is 0.0931. The minimum atomic E-state index is -0.215. The fourth-order valence-electron chi connectivity index (χ4n) is 3.04. The number of aromatic nitrogens is 3. The number of nitrogens with one attached hydrogen (secondary N) is 1. The fourth-order valence-corrected chi connectivity index (χ4v) is 3.04. The van der Waals surface area contributed by atoms with Gasteiger partial charge in [-0.1, -0.05) is 54.6 Å². The van der Waals surface area contributed by atoms with Crippen molar-refractivity contribution in [2.24, 2.45) is 0 Å². The van der Waals surface area contributed by atoms with Crippen molar-refractivity contribution in [2.75, 3.05) is 0 Å². The van der Waals surface area contributed by atoms with Crippen LogP contribution in [-0.2, 0) is 0 Å². The van der Waals surface area contributed by atoms with Crippen LogP contribution in [0.2, 0.25) is 0 Å². The number of amides is 1. The van der Waals surface area contributed by atoms with Crippen LogP contribution < -0.4 is 5.32 Å². The Hall–Kier alpha value is -3.73. The monoisotopic (exact) mass is 368 g/mol. The highest BCUT2D eigenvalue weighted by molar-refractivity contribution is 5.94. The minimum absolute atomic E-state index is 0.198. The molecule has 5 nitrogen and oxygen atoms in total. The van der Waals surface area contributed by atoms with E-state index < -0.39 is 0 Å². The summed E-state index contributed by atoms with van der Waals surface area (Å²) in [6.07, 6.45) is 1.72. The molecule has 5 heteroatoms. The molecule has 0 saturated carbocycles.